The number of hydrogen-bond donors (Lipinski definition) is 2. The smallest absolute Gasteiger partial charge is 0.272 e. The van der Waals surface area contributed by atoms with E-state index in [1.165, 1.54) is 0 Å². The van der Waals surface area contributed by atoms with Crippen molar-refractivity contribution < 1.29 is 9.32 Å². The van der Waals surface area contributed by atoms with Gasteiger partial charge in [-0.3, -0.25) is 9.48 Å². The SMILES string of the molecule is Cc1cc(CNC(=O)c2ccn(C3CCCNC3)n2)on1. The summed E-state index contributed by atoms with van der Waals surface area (Å²) in [6.07, 6.45) is 4.09. The quantitative estimate of drug-likeness (QED) is 0.878. The molecule has 7 heteroatoms. The van der Waals surface area contributed by atoms with Crippen LogP contribution in [0.25, 0.3) is 0 Å². The first-order chi connectivity index (χ1) is 10.2. The first kappa shape index (κ1) is 13.8. The van der Waals surface area contributed by atoms with Crippen LogP contribution in [-0.2, 0) is 6.54 Å². The molecule has 1 aliphatic rings. The van der Waals surface area contributed by atoms with Gasteiger partial charge in [-0.25, -0.2) is 0 Å². The van der Waals surface area contributed by atoms with Crippen molar-refractivity contribution in [2.24, 2.45) is 0 Å². The Labute approximate surface area is 122 Å². The van der Waals surface area contributed by atoms with Crippen molar-refractivity contribution in [3.63, 3.8) is 0 Å². The number of nitrogens with one attached hydrogen (secondary N) is 2. The lowest BCUT2D eigenvalue weighted by atomic mass is 10.1. The number of amides is 1. The van der Waals surface area contributed by atoms with Gasteiger partial charge in [-0.05, 0) is 32.4 Å². The molecule has 0 spiro atoms. The fraction of sp³-hybridized carbons (Fsp3) is 0.500. The lowest BCUT2D eigenvalue weighted by molar-refractivity contribution is 0.0940. The van der Waals surface area contributed by atoms with Crippen LogP contribution in [0, 0.1) is 6.92 Å². The summed E-state index contributed by atoms with van der Waals surface area (Å²) in [6.45, 7) is 4.12. The van der Waals surface area contributed by atoms with E-state index in [2.05, 4.69) is 20.9 Å². The highest BCUT2D eigenvalue weighted by atomic mass is 16.5. The van der Waals surface area contributed by atoms with E-state index in [1.54, 1.807) is 12.1 Å². The third-order valence-electron chi connectivity index (χ3n) is 3.59. The van der Waals surface area contributed by atoms with Gasteiger partial charge in [0, 0.05) is 18.8 Å². The topological polar surface area (TPSA) is 85.0 Å². The molecule has 2 aromatic heterocycles. The number of aromatic nitrogens is 3. The van der Waals surface area contributed by atoms with Gasteiger partial charge in [0.25, 0.3) is 5.91 Å². The first-order valence-corrected chi connectivity index (χ1v) is 7.18. The molecule has 21 heavy (non-hydrogen) atoms. The van der Waals surface area contributed by atoms with E-state index >= 15 is 0 Å². The molecule has 1 saturated heterocycles. The van der Waals surface area contributed by atoms with E-state index in [0.717, 1.165) is 31.6 Å². The summed E-state index contributed by atoms with van der Waals surface area (Å²) in [7, 11) is 0. The molecule has 1 fully saturated rings. The molecule has 7 nitrogen and oxygen atoms in total. The molecule has 2 aromatic rings. The number of carbonyl (C=O) groups excluding carboxylic acids is 1. The van der Waals surface area contributed by atoms with Gasteiger partial charge < -0.3 is 15.2 Å². The Balaban J connectivity index is 1.58. The largest absolute Gasteiger partial charge is 0.359 e. The third kappa shape index (κ3) is 3.30. The molecule has 3 heterocycles. The van der Waals surface area contributed by atoms with Crippen LogP contribution in [0.1, 0.15) is 40.8 Å². The fourth-order valence-corrected chi connectivity index (χ4v) is 2.48. The van der Waals surface area contributed by atoms with Gasteiger partial charge in [0.15, 0.2) is 5.76 Å². The highest BCUT2D eigenvalue weighted by Crippen LogP contribution is 2.15. The summed E-state index contributed by atoms with van der Waals surface area (Å²) in [5.41, 5.74) is 1.23. The van der Waals surface area contributed by atoms with E-state index in [4.69, 9.17) is 4.52 Å². The van der Waals surface area contributed by atoms with Gasteiger partial charge in [-0.2, -0.15) is 5.10 Å². The van der Waals surface area contributed by atoms with Gasteiger partial charge in [0.1, 0.15) is 5.69 Å². The van der Waals surface area contributed by atoms with E-state index < -0.39 is 0 Å². The number of rotatable bonds is 4. The second kappa shape index (κ2) is 6.09. The standard InChI is InChI=1S/C14H19N5O2/c1-10-7-12(21-18-10)9-16-14(20)13-4-6-19(17-13)11-3-2-5-15-8-11/h4,6-7,11,15H,2-3,5,8-9H2,1H3,(H,16,20). The number of aryl methyl sites for hydroxylation is 1. The monoisotopic (exact) mass is 289 g/mol. The van der Waals surface area contributed by atoms with Crippen LogP contribution >= 0.6 is 0 Å². The normalized spacial score (nSPS) is 18.6. The zero-order valence-corrected chi connectivity index (χ0v) is 12.0. The number of nitrogens with zero attached hydrogens (tertiary/aromatic N) is 3. The van der Waals surface area contributed by atoms with Gasteiger partial charge in [-0.15, -0.1) is 0 Å². The second-order valence-corrected chi connectivity index (χ2v) is 5.30. The van der Waals surface area contributed by atoms with Gasteiger partial charge in [0.05, 0.1) is 18.3 Å². The maximum absolute atomic E-state index is 12.1. The zero-order valence-electron chi connectivity index (χ0n) is 12.0. The minimum atomic E-state index is -0.202. The molecule has 0 aromatic carbocycles. The van der Waals surface area contributed by atoms with Crippen molar-refractivity contribution in [2.75, 3.05) is 13.1 Å². The van der Waals surface area contributed by atoms with Crippen LogP contribution < -0.4 is 10.6 Å². The molecule has 1 aliphatic heterocycles. The lowest BCUT2D eigenvalue weighted by Gasteiger charge is -2.22. The Morgan fingerprint density at radius 3 is 3.24 bits per heavy atom. The Morgan fingerprint density at radius 1 is 1.62 bits per heavy atom. The van der Waals surface area contributed by atoms with Crippen molar-refractivity contribution in [1.29, 1.82) is 0 Å². The summed E-state index contributed by atoms with van der Waals surface area (Å²) >= 11 is 0. The summed E-state index contributed by atoms with van der Waals surface area (Å²) in [5.74, 6) is 0.434. The molecule has 1 amide bonds. The molecular weight excluding hydrogens is 270 g/mol. The Bertz CT molecular complexity index is 612. The summed E-state index contributed by atoms with van der Waals surface area (Å²) in [5, 5.41) is 14.3. The molecule has 0 radical (unpaired) electrons. The van der Waals surface area contributed by atoms with Crippen molar-refractivity contribution in [2.45, 2.75) is 32.4 Å². The summed E-state index contributed by atoms with van der Waals surface area (Å²) in [4.78, 5) is 12.1. The van der Waals surface area contributed by atoms with Crippen molar-refractivity contribution in [3.05, 3.63) is 35.5 Å². The second-order valence-electron chi connectivity index (χ2n) is 5.30. The van der Waals surface area contributed by atoms with Crippen LogP contribution in [0.2, 0.25) is 0 Å². The average Bonchev–Trinajstić information content (AvgIpc) is 3.15. The van der Waals surface area contributed by atoms with Gasteiger partial charge in [-0.1, -0.05) is 5.16 Å². The fourth-order valence-electron chi connectivity index (χ4n) is 2.48. The maximum atomic E-state index is 12.1. The minimum Gasteiger partial charge on any atom is -0.359 e. The van der Waals surface area contributed by atoms with E-state index in [9.17, 15) is 4.79 Å². The van der Waals surface area contributed by atoms with Crippen LogP contribution in [0.5, 0.6) is 0 Å². The molecule has 0 aliphatic carbocycles. The van der Waals surface area contributed by atoms with E-state index in [-0.39, 0.29) is 5.91 Å². The molecule has 1 atom stereocenters. The van der Waals surface area contributed by atoms with Gasteiger partial charge >= 0.3 is 0 Å². The third-order valence-corrected chi connectivity index (χ3v) is 3.59. The predicted molar refractivity (Wildman–Crippen MR) is 75.8 cm³/mol. The molecule has 0 bridgehead atoms. The van der Waals surface area contributed by atoms with Crippen molar-refractivity contribution in [3.8, 4) is 0 Å². The first-order valence-electron chi connectivity index (χ1n) is 7.18. The average molecular weight is 289 g/mol. The van der Waals surface area contributed by atoms with E-state index in [0.29, 0.717) is 24.0 Å². The van der Waals surface area contributed by atoms with E-state index in [1.807, 2.05) is 17.8 Å². The Morgan fingerprint density at radius 2 is 2.52 bits per heavy atom. The highest BCUT2D eigenvalue weighted by Gasteiger charge is 2.17. The summed E-state index contributed by atoms with van der Waals surface area (Å²) in [6, 6.07) is 3.87. The maximum Gasteiger partial charge on any atom is 0.272 e. The molecule has 0 saturated carbocycles. The van der Waals surface area contributed by atoms with Crippen LogP contribution in [-0.4, -0.2) is 33.9 Å². The molecular formula is C14H19N5O2. The number of piperidine rings is 1. The molecule has 112 valence electrons. The van der Waals surface area contributed by atoms with Crippen LogP contribution in [0.3, 0.4) is 0 Å². The van der Waals surface area contributed by atoms with Gasteiger partial charge in [0.2, 0.25) is 0 Å². The van der Waals surface area contributed by atoms with Crippen molar-refractivity contribution in [1.82, 2.24) is 25.6 Å². The number of hydrogen-bond acceptors (Lipinski definition) is 5. The highest BCUT2D eigenvalue weighted by molar-refractivity contribution is 5.92. The van der Waals surface area contributed by atoms with Crippen LogP contribution in [0.15, 0.2) is 22.9 Å². The predicted octanol–water partition coefficient (Wildman–Crippen LogP) is 1.03. The van der Waals surface area contributed by atoms with Crippen LogP contribution in [0.4, 0.5) is 0 Å². The Hall–Kier alpha value is -2.15. The molecule has 2 N–H and O–H groups in total. The van der Waals surface area contributed by atoms with Crippen molar-refractivity contribution >= 4 is 5.91 Å². The number of carbonyl (C=O) groups is 1. The lowest BCUT2D eigenvalue weighted by Crippen LogP contribution is -2.32. The minimum absolute atomic E-state index is 0.202. The molecule has 1 unspecified atom stereocenters. The Kier molecular flexibility index (Phi) is 4.01. The summed E-state index contributed by atoms with van der Waals surface area (Å²) < 4.78 is 6.93. The zero-order chi connectivity index (χ0) is 14.7. The molecule has 3 rings (SSSR count).